The summed E-state index contributed by atoms with van der Waals surface area (Å²) in [6.07, 6.45) is -1.61. The molecule has 98 valence electrons. The van der Waals surface area contributed by atoms with Gasteiger partial charge in [0.05, 0.1) is 6.61 Å². The molecule has 0 aromatic heterocycles. The van der Waals surface area contributed by atoms with Crippen LogP contribution < -0.4 is 0 Å². The van der Waals surface area contributed by atoms with E-state index in [0.717, 1.165) is 0 Å². The number of aliphatic hydroxyl groups excluding tert-OH is 2. The zero-order chi connectivity index (χ0) is 13.7. The highest BCUT2D eigenvalue weighted by molar-refractivity contribution is 6.19. The Labute approximate surface area is 109 Å². The van der Waals surface area contributed by atoms with Crippen LogP contribution in [0, 0.1) is 0 Å². The van der Waals surface area contributed by atoms with E-state index < -0.39 is 12.1 Å². The second-order valence-electron chi connectivity index (χ2n) is 3.68. The normalized spacial score (nSPS) is 12.2. The second-order valence-corrected chi connectivity index (χ2v) is 4.06. The molecule has 0 aliphatic heterocycles. The van der Waals surface area contributed by atoms with Crippen LogP contribution >= 0.6 is 11.6 Å². The number of aliphatic carboxylic acids is 1. The minimum absolute atomic E-state index is 0.0845. The van der Waals surface area contributed by atoms with Crippen LogP contribution in [0.4, 0.5) is 0 Å². The van der Waals surface area contributed by atoms with E-state index in [1.807, 2.05) is 0 Å². The predicted molar refractivity (Wildman–Crippen MR) is 64.6 cm³/mol. The number of hydrogen-bond donors (Lipinski definition) is 3. The fraction of sp³-hybridized carbons (Fsp3) is 0.333. The number of rotatable bonds is 6. The molecule has 1 rings (SSSR count). The highest BCUT2D eigenvalue weighted by Gasteiger charge is 2.19. The standard InChI is InChI=1S/C12H13ClO5/c13-4-3-10(15)9-5-7(11(16)12(17)18)1-2-8(9)6-14/h1-2,5,11,14,16H,3-4,6H2,(H,17,18). The Balaban J connectivity index is 3.17. The Morgan fingerprint density at radius 3 is 2.50 bits per heavy atom. The first kappa shape index (κ1) is 14.6. The van der Waals surface area contributed by atoms with Crippen LogP contribution in [0.3, 0.4) is 0 Å². The number of benzene rings is 1. The predicted octanol–water partition coefficient (Wildman–Crippen LogP) is 1.11. The molecule has 6 heteroatoms. The van der Waals surface area contributed by atoms with E-state index in [1.54, 1.807) is 0 Å². The first-order valence-corrected chi connectivity index (χ1v) is 5.78. The molecule has 0 fully saturated rings. The van der Waals surface area contributed by atoms with Gasteiger partial charge in [0.25, 0.3) is 0 Å². The molecule has 0 saturated carbocycles. The third-order valence-electron chi connectivity index (χ3n) is 2.48. The number of alkyl halides is 1. The van der Waals surface area contributed by atoms with Crippen LogP contribution in [0.1, 0.15) is 34.0 Å². The summed E-state index contributed by atoms with van der Waals surface area (Å²) in [7, 11) is 0. The van der Waals surface area contributed by atoms with Crippen molar-refractivity contribution >= 4 is 23.4 Å². The van der Waals surface area contributed by atoms with E-state index in [9.17, 15) is 14.7 Å². The van der Waals surface area contributed by atoms with Crippen LogP contribution in [-0.2, 0) is 11.4 Å². The molecular formula is C12H13ClO5. The van der Waals surface area contributed by atoms with Gasteiger partial charge in [-0.25, -0.2) is 4.79 Å². The van der Waals surface area contributed by atoms with Crippen LogP contribution in [0.25, 0.3) is 0 Å². The molecular weight excluding hydrogens is 260 g/mol. The molecule has 18 heavy (non-hydrogen) atoms. The first-order chi connectivity index (χ1) is 8.51. The molecule has 1 atom stereocenters. The number of halogens is 1. The van der Waals surface area contributed by atoms with Gasteiger partial charge in [0, 0.05) is 17.9 Å². The zero-order valence-electron chi connectivity index (χ0n) is 9.47. The van der Waals surface area contributed by atoms with E-state index in [-0.39, 0.29) is 35.8 Å². The molecule has 0 aliphatic carbocycles. The Morgan fingerprint density at radius 1 is 1.33 bits per heavy atom. The fourth-order valence-electron chi connectivity index (χ4n) is 1.52. The number of carbonyl (C=O) groups is 2. The minimum atomic E-state index is -1.69. The number of Topliss-reactive ketones (excluding diaryl/α,β-unsaturated/α-hetero) is 1. The number of hydrogen-bond acceptors (Lipinski definition) is 4. The van der Waals surface area contributed by atoms with Crippen molar-refractivity contribution in [3.63, 3.8) is 0 Å². The third kappa shape index (κ3) is 3.29. The van der Waals surface area contributed by atoms with Crippen molar-refractivity contribution in [3.8, 4) is 0 Å². The van der Waals surface area contributed by atoms with Gasteiger partial charge in [-0.3, -0.25) is 4.79 Å². The van der Waals surface area contributed by atoms with Crippen molar-refractivity contribution in [2.75, 3.05) is 5.88 Å². The van der Waals surface area contributed by atoms with Gasteiger partial charge in [-0.2, -0.15) is 0 Å². The average molecular weight is 273 g/mol. The molecule has 0 heterocycles. The number of carboxylic acid groups (broad SMARTS) is 1. The molecule has 1 aromatic carbocycles. The summed E-state index contributed by atoms with van der Waals surface area (Å²) < 4.78 is 0. The number of ketones is 1. The van der Waals surface area contributed by atoms with Gasteiger partial charge in [0.2, 0.25) is 0 Å². The summed E-state index contributed by atoms with van der Waals surface area (Å²) in [6.45, 7) is -0.340. The van der Waals surface area contributed by atoms with E-state index in [4.69, 9.17) is 21.8 Å². The molecule has 0 aliphatic rings. The van der Waals surface area contributed by atoms with Crippen molar-refractivity contribution in [3.05, 3.63) is 34.9 Å². The molecule has 3 N–H and O–H groups in total. The summed E-state index contributed by atoms with van der Waals surface area (Å²) in [5.74, 6) is -1.56. The largest absolute Gasteiger partial charge is 0.479 e. The Hall–Kier alpha value is -1.43. The molecule has 0 saturated heterocycles. The second kappa shape index (κ2) is 6.49. The van der Waals surface area contributed by atoms with Gasteiger partial charge in [-0.05, 0) is 17.2 Å². The van der Waals surface area contributed by atoms with E-state index >= 15 is 0 Å². The minimum Gasteiger partial charge on any atom is -0.479 e. The molecule has 5 nitrogen and oxygen atoms in total. The molecule has 0 radical (unpaired) electrons. The zero-order valence-corrected chi connectivity index (χ0v) is 10.2. The Bertz CT molecular complexity index is 458. The smallest absolute Gasteiger partial charge is 0.337 e. The van der Waals surface area contributed by atoms with Crippen molar-refractivity contribution < 1.29 is 24.9 Å². The van der Waals surface area contributed by atoms with Crippen LogP contribution in [-0.4, -0.2) is 33.0 Å². The number of carbonyl (C=O) groups excluding carboxylic acids is 1. The van der Waals surface area contributed by atoms with Crippen molar-refractivity contribution in [2.24, 2.45) is 0 Å². The fourth-order valence-corrected chi connectivity index (χ4v) is 1.70. The van der Waals surface area contributed by atoms with Gasteiger partial charge < -0.3 is 15.3 Å². The maximum absolute atomic E-state index is 11.7. The van der Waals surface area contributed by atoms with Gasteiger partial charge in [-0.1, -0.05) is 12.1 Å². The SMILES string of the molecule is O=C(CCCl)c1cc(C(O)C(=O)O)ccc1CO. The summed E-state index contributed by atoms with van der Waals surface area (Å²) in [6, 6.07) is 4.06. The Kier molecular flexibility index (Phi) is 5.27. The molecule has 0 amide bonds. The molecule has 0 bridgehead atoms. The van der Waals surface area contributed by atoms with Crippen molar-refractivity contribution in [1.29, 1.82) is 0 Å². The number of carboxylic acids is 1. The molecule has 1 unspecified atom stereocenters. The summed E-state index contributed by atoms with van der Waals surface area (Å²) in [5, 5.41) is 27.2. The van der Waals surface area contributed by atoms with Crippen LogP contribution in [0.2, 0.25) is 0 Å². The summed E-state index contributed by atoms with van der Waals surface area (Å²) in [4.78, 5) is 22.4. The molecule has 0 spiro atoms. The van der Waals surface area contributed by atoms with Crippen molar-refractivity contribution in [1.82, 2.24) is 0 Å². The van der Waals surface area contributed by atoms with E-state index in [2.05, 4.69) is 0 Å². The maximum Gasteiger partial charge on any atom is 0.337 e. The van der Waals surface area contributed by atoms with E-state index in [0.29, 0.717) is 5.56 Å². The quantitative estimate of drug-likeness (QED) is 0.533. The highest BCUT2D eigenvalue weighted by Crippen LogP contribution is 2.20. The lowest BCUT2D eigenvalue weighted by atomic mass is 9.97. The van der Waals surface area contributed by atoms with Crippen LogP contribution in [0.5, 0.6) is 0 Å². The third-order valence-corrected chi connectivity index (χ3v) is 2.66. The van der Waals surface area contributed by atoms with Gasteiger partial charge in [-0.15, -0.1) is 11.6 Å². The van der Waals surface area contributed by atoms with Gasteiger partial charge in [0.1, 0.15) is 0 Å². The lowest BCUT2D eigenvalue weighted by Gasteiger charge is -2.11. The monoisotopic (exact) mass is 272 g/mol. The van der Waals surface area contributed by atoms with Crippen molar-refractivity contribution in [2.45, 2.75) is 19.1 Å². The van der Waals surface area contributed by atoms with E-state index in [1.165, 1.54) is 18.2 Å². The van der Waals surface area contributed by atoms with Gasteiger partial charge >= 0.3 is 5.97 Å². The topological polar surface area (TPSA) is 94.8 Å². The lowest BCUT2D eigenvalue weighted by Crippen LogP contribution is -2.13. The summed E-state index contributed by atoms with van der Waals surface area (Å²) in [5.41, 5.74) is 0.667. The maximum atomic E-state index is 11.7. The van der Waals surface area contributed by atoms with Crippen LogP contribution in [0.15, 0.2) is 18.2 Å². The lowest BCUT2D eigenvalue weighted by molar-refractivity contribution is -0.146. The van der Waals surface area contributed by atoms with Gasteiger partial charge in [0.15, 0.2) is 11.9 Å². The number of aliphatic hydroxyl groups is 2. The summed E-state index contributed by atoms with van der Waals surface area (Å²) >= 11 is 5.47. The highest BCUT2D eigenvalue weighted by atomic mass is 35.5. The first-order valence-electron chi connectivity index (χ1n) is 5.25. The molecule has 1 aromatic rings. The Morgan fingerprint density at radius 2 is 2.00 bits per heavy atom. The average Bonchev–Trinajstić information content (AvgIpc) is 2.37.